The molecule has 1 radical (unpaired) electrons. The van der Waals surface area contributed by atoms with E-state index in [9.17, 15) is 0 Å². The van der Waals surface area contributed by atoms with Crippen LogP contribution in [-0.4, -0.2) is 48.9 Å². The van der Waals surface area contributed by atoms with Crippen molar-refractivity contribution in [3.63, 3.8) is 0 Å². The van der Waals surface area contributed by atoms with Crippen LogP contribution >= 0.6 is 0 Å². The fraction of sp³-hybridized carbons (Fsp3) is 0. The third kappa shape index (κ3) is 17.8. The van der Waals surface area contributed by atoms with Gasteiger partial charge in [0.25, 0.3) is 0 Å². The molecule has 0 saturated carbocycles. The summed E-state index contributed by atoms with van der Waals surface area (Å²) in [5, 5.41) is 0. The monoisotopic (exact) mass is 472 g/mol. The standard InChI is InChI=1S/Ba.Cu.Dy.O.Y.2H/q+2;;;;;2*-1. The Hall–Kier alpha value is 4.27. The molecule has 5 heteroatoms. The SMILES string of the molecule is [Ba+2].[Dy].[H-].[H-].[O]=[Cu].[Y]. The van der Waals surface area contributed by atoms with Crippen molar-refractivity contribution in [2.75, 3.05) is 0 Å². The second-order valence-electron chi connectivity index (χ2n) is 0. The molecule has 0 heterocycles. The molecule has 0 bridgehead atoms. The Labute approximate surface area is 138 Å². The summed E-state index contributed by atoms with van der Waals surface area (Å²) in [6.45, 7) is 0. The minimum Gasteiger partial charge on any atom is 0 e. The van der Waals surface area contributed by atoms with E-state index in [1.165, 1.54) is 0 Å². The first-order valence-electron chi connectivity index (χ1n) is 0.123. The molecular weight excluding hydrogens is 468 g/mol. The summed E-state index contributed by atoms with van der Waals surface area (Å²) in [4.78, 5) is 0. The maximum absolute atomic E-state index is 7.81. The van der Waals surface area contributed by atoms with E-state index in [-0.39, 0.29) is 123 Å². The minimum absolute atomic E-state index is 0. The largest absolute Gasteiger partial charge is 0 e. The van der Waals surface area contributed by atoms with Gasteiger partial charge in [0.15, 0.2) is 0 Å². The number of hydrogen-bond donors (Lipinski definition) is 0. The smallest absolute Gasteiger partial charge is 0 e. The van der Waals surface area contributed by atoms with E-state index in [1.54, 1.807) is 0 Å². The van der Waals surface area contributed by atoms with Gasteiger partial charge in [-0.15, -0.1) is 0 Å². The fourth-order valence-corrected chi connectivity index (χ4v) is 0. The second-order valence-corrected chi connectivity index (χ2v) is 0. The Balaban J connectivity index is -0.000000000500. The topological polar surface area (TPSA) is 17.1 Å². The Morgan fingerprint density at radius 1 is 1.40 bits per heavy atom. The van der Waals surface area contributed by atoms with Gasteiger partial charge in [-0.05, 0) is 0 Å². The maximum atomic E-state index is 7.81. The zero-order valence-electron chi connectivity index (χ0n) is 4.31. The molecule has 0 spiro atoms. The molecule has 5 heavy (non-hydrogen) atoms. The first-order valence-corrected chi connectivity index (χ1v) is 0.508. The van der Waals surface area contributed by atoms with Crippen LogP contribution in [0.15, 0.2) is 0 Å². The third-order valence-corrected chi connectivity index (χ3v) is 0. The van der Waals surface area contributed by atoms with Crippen LogP contribution in [0.2, 0.25) is 0 Å². The molecule has 0 aliphatic rings. The van der Waals surface area contributed by atoms with Gasteiger partial charge in [0.2, 0.25) is 0 Å². The van der Waals surface area contributed by atoms with Crippen molar-refractivity contribution in [3.05, 3.63) is 0 Å². The molecule has 0 amide bonds. The molecule has 0 saturated heterocycles. The van der Waals surface area contributed by atoms with Crippen molar-refractivity contribution >= 4 is 48.9 Å². The van der Waals surface area contributed by atoms with E-state index in [4.69, 9.17) is 3.83 Å². The molecule has 0 aliphatic heterocycles. The summed E-state index contributed by atoms with van der Waals surface area (Å²) >= 11 is 2.94. The van der Waals surface area contributed by atoms with E-state index in [0.717, 1.165) is 0 Å². The molecule has 0 aliphatic carbocycles. The zero-order valence-corrected chi connectivity index (χ0v) is 12.6. The first kappa shape index (κ1) is 22.8. The molecule has 0 aromatic rings. The summed E-state index contributed by atoms with van der Waals surface area (Å²) in [6.07, 6.45) is 0. The normalized spacial score (nSPS) is 1.20. The number of rotatable bonds is 0. The van der Waals surface area contributed by atoms with Crippen molar-refractivity contribution < 1.29 is 93.5 Å². The van der Waals surface area contributed by atoms with Crippen LogP contribution < -0.4 is 0 Å². The van der Waals surface area contributed by atoms with Gasteiger partial charge in [-0.1, -0.05) is 0 Å². The Bertz CT molecular complexity index is 17.7. The van der Waals surface area contributed by atoms with E-state index in [0.29, 0.717) is 0 Å². The van der Waals surface area contributed by atoms with Crippen molar-refractivity contribution in [2.45, 2.75) is 0 Å². The van der Waals surface area contributed by atoms with Crippen LogP contribution in [0.4, 0.5) is 0 Å². The molecule has 34 valence electrons. The van der Waals surface area contributed by atoms with Gasteiger partial charge in [-0.2, -0.15) is 0 Å². The average molecular weight is 470 g/mol. The van der Waals surface area contributed by atoms with Crippen LogP contribution in [0.5, 0.6) is 0 Å². The molecule has 0 rings (SSSR count). The van der Waals surface area contributed by atoms with Gasteiger partial charge < -0.3 is 2.85 Å². The van der Waals surface area contributed by atoms with Gasteiger partial charge >= 0.3 is 68.7 Å². The first-order chi connectivity index (χ1) is 1.00. The van der Waals surface area contributed by atoms with Gasteiger partial charge in [0.1, 0.15) is 0 Å². The van der Waals surface area contributed by atoms with Gasteiger partial charge in [0, 0.05) is 70.9 Å². The van der Waals surface area contributed by atoms with Crippen molar-refractivity contribution in [1.82, 2.24) is 0 Å². The van der Waals surface area contributed by atoms with Gasteiger partial charge in [-0.25, -0.2) is 0 Å². The summed E-state index contributed by atoms with van der Waals surface area (Å²) in [7, 11) is 0. The average Bonchev–Trinajstić information content (AvgIpc) is 1.00. The molecule has 0 unspecified atom stereocenters. The van der Waals surface area contributed by atoms with Crippen LogP contribution in [0.25, 0.3) is 0 Å². The van der Waals surface area contributed by atoms with Crippen LogP contribution in [0, 0.1) is 38.2 Å². The van der Waals surface area contributed by atoms with E-state index in [1.807, 2.05) is 0 Å². The van der Waals surface area contributed by atoms with E-state index < -0.39 is 0 Å². The predicted octanol–water partition coefficient (Wildman–Crippen LogP) is -0.280. The Morgan fingerprint density at radius 2 is 1.40 bits per heavy atom. The fourth-order valence-electron chi connectivity index (χ4n) is 0. The molecule has 0 N–H and O–H groups in total. The summed E-state index contributed by atoms with van der Waals surface area (Å²) in [6, 6.07) is 0. The second kappa shape index (κ2) is 24.0. The van der Waals surface area contributed by atoms with Crippen LogP contribution in [0.1, 0.15) is 2.85 Å². The quantitative estimate of drug-likeness (QED) is 0.446. The van der Waals surface area contributed by atoms with Gasteiger partial charge in [-0.3, -0.25) is 0 Å². The molecule has 0 fully saturated rings. The summed E-state index contributed by atoms with van der Waals surface area (Å²) in [5.74, 6) is 0. The van der Waals surface area contributed by atoms with Crippen molar-refractivity contribution in [1.29, 1.82) is 0 Å². The molecular formula is H2BaCuDyOY. The van der Waals surface area contributed by atoms with Crippen molar-refractivity contribution in [3.8, 4) is 0 Å². The van der Waals surface area contributed by atoms with E-state index >= 15 is 0 Å². The summed E-state index contributed by atoms with van der Waals surface area (Å²) < 4.78 is 7.81. The van der Waals surface area contributed by atoms with Crippen molar-refractivity contribution in [2.24, 2.45) is 0 Å². The minimum atomic E-state index is 0. The zero-order chi connectivity index (χ0) is 2.00. The van der Waals surface area contributed by atoms with Crippen LogP contribution in [0.3, 0.4) is 0 Å². The molecule has 0 aromatic carbocycles. The van der Waals surface area contributed by atoms with E-state index in [2.05, 4.69) is 15.9 Å². The Kier molecular flexibility index (Phi) is 109. The Morgan fingerprint density at radius 3 is 1.40 bits per heavy atom. The third-order valence-electron chi connectivity index (χ3n) is 0. The summed E-state index contributed by atoms with van der Waals surface area (Å²) in [5.41, 5.74) is 0. The number of hydrogen-bond acceptors (Lipinski definition) is 1. The maximum Gasteiger partial charge on any atom is 0 e. The van der Waals surface area contributed by atoms with Crippen LogP contribution in [-0.2, 0) is 52.5 Å². The molecule has 0 aromatic heterocycles. The molecule has 0 atom stereocenters. The molecule has 1 nitrogen and oxygen atoms in total. The predicted molar refractivity (Wildman–Crippen MR) is 8.66 cm³/mol. The van der Waals surface area contributed by atoms with Gasteiger partial charge in [0.05, 0.1) is 0 Å².